The molecule has 0 radical (unpaired) electrons. The zero-order valence-corrected chi connectivity index (χ0v) is 16.9. The first kappa shape index (κ1) is 17.5. The molecule has 142 valence electrons. The van der Waals surface area contributed by atoms with Crippen LogP contribution in [0.2, 0.25) is 0 Å². The molecule has 0 N–H and O–H groups in total. The van der Waals surface area contributed by atoms with Crippen molar-refractivity contribution in [3.05, 3.63) is 90.6 Å². The number of aryl methyl sites for hydroxylation is 1. The molecule has 3 nitrogen and oxygen atoms in total. The van der Waals surface area contributed by atoms with E-state index in [0.717, 1.165) is 22.6 Å². The quantitative estimate of drug-likeness (QED) is 0.372. The fourth-order valence-electron chi connectivity index (χ4n) is 4.08. The molecule has 0 aliphatic rings. The Morgan fingerprint density at radius 1 is 0.759 bits per heavy atom. The lowest BCUT2D eigenvalue weighted by atomic mass is 10.0. The molecule has 3 heteroatoms. The normalized spacial score (nSPS) is 11.3. The SMILES string of the molecule is Cc1ccc(-n2c3ccccc3c3ccccc32)c(-c2cc(N(C)C)ccn2)c1. The summed E-state index contributed by atoms with van der Waals surface area (Å²) in [4.78, 5) is 6.84. The van der Waals surface area contributed by atoms with Crippen molar-refractivity contribution in [3.63, 3.8) is 0 Å². The van der Waals surface area contributed by atoms with Gasteiger partial charge in [0.2, 0.25) is 0 Å². The minimum absolute atomic E-state index is 0.983. The van der Waals surface area contributed by atoms with Gasteiger partial charge in [0.15, 0.2) is 0 Å². The van der Waals surface area contributed by atoms with Gasteiger partial charge in [-0.05, 0) is 43.3 Å². The molecule has 0 aliphatic carbocycles. The van der Waals surface area contributed by atoms with Crippen LogP contribution in [0.5, 0.6) is 0 Å². The second kappa shape index (κ2) is 6.78. The number of nitrogens with zero attached hydrogens (tertiary/aromatic N) is 3. The molecule has 2 aromatic heterocycles. The lowest BCUT2D eigenvalue weighted by molar-refractivity contribution is 1.12. The number of aromatic nitrogens is 2. The topological polar surface area (TPSA) is 21.1 Å². The Morgan fingerprint density at radius 3 is 2.07 bits per heavy atom. The summed E-state index contributed by atoms with van der Waals surface area (Å²) >= 11 is 0. The van der Waals surface area contributed by atoms with Gasteiger partial charge in [0.1, 0.15) is 0 Å². The molecular formula is C26H23N3. The van der Waals surface area contributed by atoms with Gasteiger partial charge >= 0.3 is 0 Å². The second-order valence-corrected chi connectivity index (χ2v) is 7.68. The third-order valence-electron chi connectivity index (χ3n) is 5.51. The van der Waals surface area contributed by atoms with E-state index in [4.69, 9.17) is 4.98 Å². The van der Waals surface area contributed by atoms with Crippen LogP contribution in [0, 0.1) is 6.92 Å². The van der Waals surface area contributed by atoms with Gasteiger partial charge in [0, 0.05) is 42.3 Å². The van der Waals surface area contributed by atoms with E-state index in [1.807, 2.05) is 12.3 Å². The number of hydrogen-bond donors (Lipinski definition) is 0. The van der Waals surface area contributed by atoms with Gasteiger partial charge in [-0.2, -0.15) is 0 Å². The average Bonchev–Trinajstić information content (AvgIpc) is 3.08. The van der Waals surface area contributed by atoms with Crippen molar-refractivity contribution in [1.82, 2.24) is 9.55 Å². The number of benzene rings is 3. The smallest absolute Gasteiger partial charge is 0.0743 e. The number of para-hydroxylation sites is 2. The van der Waals surface area contributed by atoms with Gasteiger partial charge in [0.25, 0.3) is 0 Å². The minimum atomic E-state index is 0.983. The molecule has 0 atom stereocenters. The third kappa shape index (κ3) is 2.87. The molecule has 3 aromatic carbocycles. The van der Waals surface area contributed by atoms with Crippen LogP contribution in [-0.2, 0) is 0 Å². The molecule has 0 aliphatic heterocycles. The van der Waals surface area contributed by atoms with Crippen molar-refractivity contribution in [2.45, 2.75) is 6.92 Å². The van der Waals surface area contributed by atoms with Gasteiger partial charge < -0.3 is 9.47 Å². The number of fused-ring (bicyclic) bond motifs is 3. The maximum absolute atomic E-state index is 4.72. The highest BCUT2D eigenvalue weighted by Crippen LogP contribution is 2.36. The van der Waals surface area contributed by atoms with Gasteiger partial charge in [-0.1, -0.05) is 48.0 Å². The first-order chi connectivity index (χ1) is 14.1. The standard InChI is InChI=1S/C26H23N3/c1-18-12-13-26(22(16-18)23-17-19(28(2)3)14-15-27-23)29-24-10-6-4-8-20(24)21-9-5-7-11-25(21)29/h4-17H,1-3H3. The molecule has 5 aromatic rings. The summed E-state index contributed by atoms with van der Waals surface area (Å²) in [7, 11) is 4.12. The predicted octanol–water partition coefficient (Wildman–Crippen LogP) is 6.22. The molecule has 5 rings (SSSR count). The number of pyridine rings is 1. The highest BCUT2D eigenvalue weighted by molar-refractivity contribution is 6.09. The third-order valence-corrected chi connectivity index (χ3v) is 5.51. The van der Waals surface area contributed by atoms with Crippen molar-refractivity contribution in [3.8, 4) is 16.9 Å². The molecule has 0 fully saturated rings. The van der Waals surface area contributed by atoms with E-state index in [9.17, 15) is 0 Å². The molecular weight excluding hydrogens is 354 g/mol. The predicted molar refractivity (Wildman–Crippen MR) is 123 cm³/mol. The van der Waals surface area contributed by atoms with E-state index in [1.54, 1.807) is 0 Å². The van der Waals surface area contributed by atoms with Gasteiger partial charge in [-0.15, -0.1) is 0 Å². The Bertz CT molecular complexity index is 1290. The van der Waals surface area contributed by atoms with Crippen LogP contribution < -0.4 is 4.90 Å². The Balaban J connectivity index is 1.86. The minimum Gasteiger partial charge on any atom is -0.378 e. The van der Waals surface area contributed by atoms with Crippen LogP contribution in [0.3, 0.4) is 0 Å². The van der Waals surface area contributed by atoms with E-state index < -0.39 is 0 Å². The lowest BCUT2D eigenvalue weighted by Gasteiger charge is -2.17. The van der Waals surface area contributed by atoms with Crippen molar-refractivity contribution in [1.29, 1.82) is 0 Å². The first-order valence-corrected chi connectivity index (χ1v) is 9.86. The summed E-state index contributed by atoms with van der Waals surface area (Å²) in [5.41, 5.74) is 8.06. The van der Waals surface area contributed by atoms with Crippen LogP contribution >= 0.6 is 0 Å². The molecule has 29 heavy (non-hydrogen) atoms. The van der Waals surface area contributed by atoms with Crippen LogP contribution in [0.4, 0.5) is 5.69 Å². The fourth-order valence-corrected chi connectivity index (χ4v) is 4.08. The van der Waals surface area contributed by atoms with Crippen molar-refractivity contribution in [2.75, 3.05) is 19.0 Å². The summed E-state index contributed by atoms with van der Waals surface area (Å²) in [6.45, 7) is 2.13. The fraction of sp³-hybridized carbons (Fsp3) is 0.115. The lowest BCUT2D eigenvalue weighted by Crippen LogP contribution is -2.09. The molecule has 0 bridgehead atoms. The van der Waals surface area contributed by atoms with E-state index >= 15 is 0 Å². The molecule has 0 unspecified atom stereocenters. The van der Waals surface area contributed by atoms with Gasteiger partial charge in [-0.3, -0.25) is 4.98 Å². The monoisotopic (exact) mass is 377 g/mol. The largest absolute Gasteiger partial charge is 0.378 e. The summed E-state index contributed by atoms with van der Waals surface area (Å²) in [5, 5.41) is 2.54. The molecule has 0 saturated carbocycles. The van der Waals surface area contributed by atoms with E-state index in [1.165, 1.54) is 27.4 Å². The zero-order chi connectivity index (χ0) is 20.0. The van der Waals surface area contributed by atoms with Crippen LogP contribution in [0.25, 0.3) is 38.8 Å². The van der Waals surface area contributed by atoms with Gasteiger partial charge in [0.05, 0.1) is 22.4 Å². The summed E-state index contributed by atoms with van der Waals surface area (Å²) in [5.74, 6) is 0. The van der Waals surface area contributed by atoms with E-state index in [2.05, 4.69) is 103 Å². The zero-order valence-electron chi connectivity index (χ0n) is 16.9. The molecule has 0 saturated heterocycles. The van der Waals surface area contributed by atoms with Crippen LogP contribution in [-0.4, -0.2) is 23.6 Å². The highest BCUT2D eigenvalue weighted by Gasteiger charge is 2.16. The summed E-state index contributed by atoms with van der Waals surface area (Å²) in [6.07, 6.45) is 1.89. The number of anilines is 1. The summed E-state index contributed by atoms with van der Waals surface area (Å²) in [6, 6.07) is 28.1. The first-order valence-electron chi connectivity index (χ1n) is 9.86. The van der Waals surface area contributed by atoms with Crippen LogP contribution in [0.1, 0.15) is 5.56 Å². The Hall–Kier alpha value is -3.59. The number of rotatable bonds is 3. The molecule has 2 heterocycles. The molecule has 0 spiro atoms. The Morgan fingerprint density at radius 2 is 1.41 bits per heavy atom. The highest BCUT2D eigenvalue weighted by atomic mass is 15.1. The Kier molecular flexibility index (Phi) is 4.09. The van der Waals surface area contributed by atoms with Gasteiger partial charge in [-0.25, -0.2) is 0 Å². The average molecular weight is 377 g/mol. The van der Waals surface area contributed by atoms with E-state index in [0.29, 0.717) is 0 Å². The van der Waals surface area contributed by atoms with Crippen LogP contribution in [0.15, 0.2) is 85.1 Å². The van der Waals surface area contributed by atoms with E-state index in [-0.39, 0.29) is 0 Å². The van der Waals surface area contributed by atoms with Crippen molar-refractivity contribution in [2.24, 2.45) is 0 Å². The van der Waals surface area contributed by atoms with Crippen molar-refractivity contribution >= 4 is 27.5 Å². The second-order valence-electron chi connectivity index (χ2n) is 7.68. The molecule has 0 amide bonds. The Labute approximate surface area is 170 Å². The van der Waals surface area contributed by atoms with Crippen molar-refractivity contribution < 1.29 is 0 Å². The summed E-state index contributed by atoms with van der Waals surface area (Å²) < 4.78 is 2.36. The maximum Gasteiger partial charge on any atom is 0.0743 e. The number of hydrogen-bond acceptors (Lipinski definition) is 2. The maximum atomic E-state index is 4.72.